The van der Waals surface area contributed by atoms with Crippen LogP contribution in [0.1, 0.15) is 18.4 Å². The second-order valence-electron chi connectivity index (χ2n) is 7.58. The van der Waals surface area contributed by atoms with Gasteiger partial charge in [0, 0.05) is 37.6 Å². The number of rotatable bonds is 5. The number of aromatic nitrogens is 2. The summed E-state index contributed by atoms with van der Waals surface area (Å²) >= 11 is 18.4. The van der Waals surface area contributed by atoms with Crippen molar-refractivity contribution in [1.82, 2.24) is 15.3 Å². The average Bonchev–Trinajstić information content (AvgIpc) is 2.78. The second-order valence-corrected chi connectivity index (χ2v) is 8.78. The van der Waals surface area contributed by atoms with Gasteiger partial charge >= 0.3 is 0 Å². The molecule has 166 valence electrons. The summed E-state index contributed by atoms with van der Waals surface area (Å²) < 4.78 is 5.98. The molecule has 4 rings (SSSR count). The summed E-state index contributed by atoms with van der Waals surface area (Å²) in [6.45, 7) is 3.58. The van der Waals surface area contributed by atoms with Gasteiger partial charge in [0.15, 0.2) is 16.7 Å². The highest BCUT2D eigenvalue weighted by atomic mass is 35.5. The lowest BCUT2D eigenvalue weighted by Crippen LogP contribution is -2.46. The summed E-state index contributed by atoms with van der Waals surface area (Å²) in [5, 5.41) is 8.16. The molecule has 0 aliphatic carbocycles. The molecule has 0 amide bonds. The van der Waals surface area contributed by atoms with E-state index in [4.69, 9.17) is 40.2 Å². The summed E-state index contributed by atoms with van der Waals surface area (Å²) in [5.41, 5.74) is 1.93. The molecular weight excluding hydrogens is 465 g/mol. The Hall–Kier alpha value is -2.61. The second kappa shape index (κ2) is 10.3. The maximum Gasteiger partial charge on any atom is 0.171 e. The van der Waals surface area contributed by atoms with Gasteiger partial charge in [-0.15, -0.1) is 0 Å². The molecule has 1 aromatic carbocycles. The summed E-state index contributed by atoms with van der Waals surface area (Å²) in [7, 11) is 0. The van der Waals surface area contributed by atoms with Crippen LogP contribution in [-0.2, 0) is 0 Å². The van der Waals surface area contributed by atoms with E-state index < -0.39 is 0 Å². The maximum atomic E-state index is 6.66. The fourth-order valence-corrected chi connectivity index (χ4v) is 4.37. The number of piperidine rings is 1. The number of halogens is 2. The monoisotopic (exact) mass is 487 g/mol. The van der Waals surface area contributed by atoms with Crippen LogP contribution in [0.25, 0.3) is 0 Å². The number of nitrogens with one attached hydrogen (secondary N) is 2. The highest BCUT2D eigenvalue weighted by Gasteiger charge is 2.24. The first kappa shape index (κ1) is 22.6. The third-order valence-electron chi connectivity index (χ3n) is 5.19. The highest BCUT2D eigenvalue weighted by Crippen LogP contribution is 2.38. The first-order chi connectivity index (χ1) is 15.5. The number of nitrogens with zero attached hydrogens (tertiary/aromatic N) is 3. The van der Waals surface area contributed by atoms with Crippen LogP contribution in [0, 0.1) is 6.92 Å². The summed E-state index contributed by atoms with van der Waals surface area (Å²) in [5.74, 6) is 1.81. The number of thiocarbonyl (C=S) groups is 1. The zero-order chi connectivity index (χ0) is 22.5. The largest absolute Gasteiger partial charge is 0.454 e. The minimum Gasteiger partial charge on any atom is -0.454 e. The molecule has 0 unspecified atom stereocenters. The van der Waals surface area contributed by atoms with Crippen LogP contribution in [-0.4, -0.2) is 34.2 Å². The summed E-state index contributed by atoms with van der Waals surface area (Å²) in [6.07, 6.45) is 6.98. The summed E-state index contributed by atoms with van der Waals surface area (Å²) in [4.78, 5) is 10.8. The Labute approximate surface area is 202 Å². The Balaban J connectivity index is 1.36. The standard InChI is InChI=1S/C23H23Cl2N5OS/c1-15-4-5-19(18(24)13-15)31-20-6-10-27-22(21(20)25)30-11-7-16(8-12-30)28-23(32)29-17-3-2-9-26-14-17/h2-6,9-10,13-14,16H,7-8,11-12H2,1H3,(H2,28,29,32). The van der Waals surface area contributed by atoms with E-state index in [1.807, 2.05) is 37.3 Å². The van der Waals surface area contributed by atoms with Crippen molar-refractivity contribution in [3.8, 4) is 11.5 Å². The molecule has 1 aliphatic heterocycles. The first-order valence-corrected chi connectivity index (χ1v) is 11.5. The molecule has 1 saturated heterocycles. The van der Waals surface area contributed by atoms with Gasteiger partial charge in [-0.1, -0.05) is 29.3 Å². The lowest BCUT2D eigenvalue weighted by molar-refractivity contribution is 0.462. The van der Waals surface area contributed by atoms with Gasteiger partial charge in [-0.05, 0) is 61.8 Å². The first-order valence-electron chi connectivity index (χ1n) is 10.3. The van der Waals surface area contributed by atoms with E-state index in [-0.39, 0.29) is 6.04 Å². The third kappa shape index (κ3) is 5.59. The average molecular weight is 488 g/mol. The predicted molar refractivity (Wildman–Crippen MR) is 134 cm³/mol. The van der Waals surface area contributed by atoms with Gasteiger partial charge in [0.1, 0.15) is 10.8 Å². The van der Waals surface area contributed by atoms with Crippen LogP contribution in [0.4, 0.5) is 11.5 Å². The molecule has 0 spiro atoms. The SMILES string of the molecule is Cc1ccc(Oc2ccnc(N3CCC(NC(=S)Nc4cccnc4)CC3)c2Cl)c(Cl)c1. The molecule has 3 aromatic rings. The lowest BCUT2D eigenvalue weighted by atomic mass is 10.1. The molecule has 2 N–H and O–H groups in total. The molecule has 1 fully saturated rings. The van der Waals surface area contributed by atoms with Crippen molar-refractivity contribution in [3.05, 3.63) is 70.6 Å². The summed E-state index contributed by atoms with van der Waals surface area (Å²) in [6, 6.07) is 11.5. The van der Waals surface area contributed by atoms with Gasteiger partial charge in [-0.3, -0.25) is 4.98 Å². The van der Waals surface area contributed by atoms with Gasteiger partial charge in [0.25, 0.3) is 0 Å². The van der Waals surface area contributed by atoms with Crippen molar-refractivity contribution in [3.63, 3.8) is 0 Å². The van der Waals surface area contributed by atoms with Crippen molar-refractivity contribution in [2.24, 2.45) is 0 Å². The Kier molecular flexibility index (Phi) is 7.29. The molecule has 0 radical (unpaired) electrons. The topological polar surface area (TPSA) is 62.3 Å². The minimum absolute atomic E-state index is 0.271. The fraction of sp³-hybridized carbons (Fsp3) is 0.261. The normalized spacial score (nSPS) is 14.2. The number of pyridine rings is 2. The Morgan fingerprint density at radius 2 is 1.94 bits per heavy atom. The number of ether oxygens (including phenoxy) is 1. The van der Waals surface area contributed by atoms with E-state index in [1.165, 1.54) is 0 Å². The molecule has 32 heavy (non-hydrogen) atoms. The van der Waals surface area contributed by atoms with Crippen molar-refractivity contribution in [2.45, 2.75) is 25.8 Å². The maximum absolute atomic E-state index is 6.66. The predicted octanol–water partition coefficient (Wildman–Crippen LogP) is 5.84. The van der Waals surface area contributed by atoms with E-state index >= 15 is 0 Å². The lowest BCUT2D eigenvalue weighted by Gasteiger charge is -2.34. The zero-order valence-corrected chi connectivity index (χ0v) is 19.8. The quantitative estimate of drug-likeness (QED) is 0.438. The Morgan fingerprint density at radius 1 is 1.12 bits per heavy atom. The molecule has 9 heteroatoms. The molecule has 6 nitrogen and oxygen atoms in total. The number of benzene rings is 1. The molecular formula is C23H23Cl2N5OS. The molecule has 3 heterocycles. The Bertz CT molecular complexity index is 1090. The van der Waals surface area contributed by atoms with Crippen LogP contribution in [0.2, 0.25) is 10.0 Å². The van der Waals surface area contributed by atoms with Gasteiger partial charge in [-0.2, -0.15) is 0 Å². The zero-order valence-electron chi connectivity index (χ0n) is 17.5. The van der Waals surface area contributed by atoms with E-state index in [2.05, 4.69) is 25.5 Å². The number of aryl methyl sites for hydroxylation is 1. The van der Waals surface area contributed by atoms with Gasteiger partial charge in [0.2, 0.25) is 0 Å². The molecule has 0 bridgehead atoms. The molecule has 1 aliphatic rings. The van der Waals surface area contributed by atoms with Gasteiger partial charge < -0.3 is 20.3 Å². The van der Waals surface area contributed by atoms with Crippen LogP contribution in [0.5, 0.6) is 11.5 Å². The van der Waals surface area contributed by atoms with Gasteiger partial charge in [-0.25, -0.2) is 4.98 Å². The van der Waals surface area contributed by atoms with Crippen LogP contribution >= 0.6 is 35.4 Å². The highest BCUT2D eigenvalue weighted by molar-refractivity contribution is 7.80. The smallest absolute Gasteiger partial charge is 0.171 e. The molecule has 0 atom stereocenters. The van der Waals surface area contributed by atoms with Gasteiger partial charge in [0.05, 0.1) is 16.9 Å². The van der Waals surface area contributed by atoms with E-state index in [1.54, 1.807) is 24.7 Å². The molecule has 0 saturated carbocycles. The van der Waals surface area contributed by atoms with E-state index in [0.29, 0.717) is 32.5 Å². The minimum atomic E-state index is 0.271. The van der Waals surface area contributed by atoms with Crippen LogP contribution in [0.3, 0.4) is 0 Å². The van der Waals surface area contributed by atoms with Crippen molar-refractivity contribution in [2.75, 3.05) is 23.3 Å². The Morgan fingerprint density at radius 3 is 2.66 bits per heavy atom. The number of hydrogen-bond donors (Lipinski definition) is 2. The number of hydrogen-bond acceptors (Lipinski definition) is 5. The van der Waals surface area contributed by atoms with Crippen LogP contribution < -0.4 is 20.3 Å². The van der Waals surface area contributed by atoms with Crippen molar-refractivity contribution < 1.29 is 4.74 Å². The third-order valence-corrected chi connectivity index (χ3v) is 6.06. The van der Waals surface area contributed by atoms with E-state index in [9.17, 15) is 0 Å². The fourth-order valence-electron chi connectivity index (χ4n) is 3.55. The van der Waals surface area contributed by atoms with Crippen LogP contribution in [0.15, 0.2) is 55.0 Å². The van der Waals surface area contributed by atoms with Crippen molar-refractivity contribution >= 4 is 52.0 Å². The molecule has 2 aromatic heterocycles. The van der Waals surface area contributed by atoms with E-state index in [0.717, 1.165) is 37.2 Å². The van der Waals surface area contributed by atoms with Crippen molar-refractivity contribution in [1.29, 1.82) is 0 Å². The number of anilines is 2.